The minimum Gasteiger partial charge on any atom is -0.481 e. The van der Waals surface area contributed by atoms with Crippen molar-refractivity contribution in [2.45, 2.75) is 31.7 Å². The highest BCUT2D eigenvalue weighted by Gasteiger charge is 2.41. The van der Waals surface area contributed by atoms with Crippen LogP contribution >= 0.6 is 11.8 Å². The first kappa shape index (κ1) is 12.7. The summed E-state index contributed by atoms with van der Waals surface area (Å²) >= 11 is 1.69. The van der Waals surface area contributed by atoms with Gasteiger partial charge in [0.2, 0.25) is 5.91 Å². The highest BCUT2D eigenvalue weighted by molar-refractivity contribution is 7.99. The van der Waals surface area contributed by atoms with Crippen LogP contribution in [0.15, 0.2) is 0 Å². The van der Waals surface area contributed by atoms with E-state index in [0.29, 0.717) is 12.8 Å². The van der Waals surface area contributed by atoms with E-state index in [-0.39, 0.29) is 18.5 Å². The number of carboxylic acid groups (broad SMARTS) is 1. The fourth-order valence-electron chi connectivity index (χ4n) is 2.46. The van der Waals surface area contributed by atoms with Crippen molar-refractivity contribution in [2.75, 3.05) is 18.2 Å². The Balaban J connectivity index is 1.87. The Bertz CT molecular complexity index is 310. The lowest BCUT2D eigenvalue weighted by molar-refractivity contribution is -0.148. The van der Waals surface area contributed by atoms with Crippen molar-refractivity contribution in [1.82, 2.24) is 10.6 Å². The third-order valence-electron chi connectivity index (χ3n) is 3.65. The van der Waals surface area contributed by atoms with E-state index in [1.807, 2.05) is 0 Å². The Morgan fingerprint density at radius 3 is 2.65 bits per heavy atom. The van der Waals surface area contributed by atoms with Crippen LogP contribution in [-0.4, -0.2) is 41.2 Å². The van der Waals surface area contributed by atoms with E-state index in [4.69, 9.17) is 0 Å². The lowest BCUT2D eigenvalue weighted by Gasteiger charge is -2.24. The summed E-state index contributed by atoms with van der Waals surface area (Å²) in [6.07, 6.45) is 3.24. The highest BCUT2D eigenvalue weighted by atomic mass is 32.2. The van der Waals surface area contributed by atoms with Gasteiger partial charge in [-0.15, -0.1) is 11.8 Å². The predicted octanol–water partition coefficient (Wildman–Crippen LogP) is 0.410. The predicted molar refractivity (Wildman–Crippen MR) is 65.8 cm³/mol. The Morgan fingerprint density at radius 1 is 1.41 bits per heavy atom. The molecule has 96 valence electrons. The van der Waals surface area contributed by atoms with Crippen LogP contribution in [0.4, 0.5) is 0 Å². The molecular formula is C11H18N2O3S. The van der Waals surface area contributed by atoms with E-state index in [9.17, 15) is 14.7 Å². The zero-order chi connectivity index (χ0) is 12.3. The van der Waals surface area contributed by atoms with Crippen molar-refractivity contribution in [2.24, 2.45) is 5.41 Å². The molecule has 3 N–H and O–H groups in total. The van der Waals surface area contributed by atoms with Gasteiger partial charge in [0.05, 0.1) is 11.5 Å². The minimum atomic E-state index is -0.774. The summed E-state index contributed by atoms with van der Waals surface area (Å²) in [4.78, 5) is 23.1. The van der Waals surface area contributed by atoms with Gasteiger partial charge in [-0.2, -0.15) is 0 Å². The second kappa shape index (κ2) is 5.27. The number of hydrogen-bond acceptors (Lipinski definition) is 4. The Hall–Kier alpha value is -0.750. The summed E-state index contributed by atoms with van der Waals surface area (Å²) in [6, 6.07) is -0.160. The number of carboxylic acids is 1. The number of carbonyl (C=O) groups is 2. The molecule has 2 rings (SSSR count). The molecule has 0 spiro atoms. The quantitative estimate of drug-likeness (QED) is 0.681. The molecule has 0 radical (unpaired) electrons. The zero-order valence-corrected chi connectivity index (χ0v) is 10.5. The maximum atomic E-state index is 11.8. The maximum absolute atomic E-state index is 11.8. The van der Waals surface area contributed by atoms with Crippen molar-refractivity contribution in [1.29, 1.82) is 0 Å². The lowest BCUT2D eigenvalue weighted by atomic mass is 9.86. The third kappa shape index (κ3) is 2.74. The molecule has 2 fully saturated rings. The molecule has 0 aromatic carbocycles. The molecule has 1 saturated carbocycles. The first-order chi connectivity index (χ1) is 8.14. The molecule has 2 aliphatic rings. The molecule has 1 aliphatic carbocycles. The van der Waals surface area contributed by atoms with Crippen molar-refractivity contribution in [3.05, 3.63) is 0 Å². The van der Waals surface area contributed by atoms with Crippen LogP contribution in [0.25, 0.3) is 0 Å². The lowest BCUT2D eigenvalue weighted by Crippen LogP contribution is -2.47. The standard InChI is InChI=1S/C11H18N2O3S/c14-9(8-5-17-7-13-8)12-6-11(10(15)16)3-1-2-4-11/h8,13H,1-7H2,(H,12,14)(H,15,16). The first-order valence-electron chi connectivity index (χ1n) is 5.96. The normalized spacial score (nSPS) is 26.9. The minimum absolute atomic E-state index is 0.0671. The van der Waals surface area contributed by atoms with Crippen molar-refractivity contribution >= 4 is 23.6 Å². The molecule has 17 heavy (non-hydrogen) atoms. The second-order valence-corrected chi connectivity index (χ2v) is 5.81. The first-order valence-corrected chi connectivity index (χ1v) is 7.12. The average molecular weight is 258 g/mol. The van der Waals surface area contributed by atoms with Crippen molar-refractivity contribution in [3.8, 4) is 0 Å². The molecule has 0 aromatic rings. The van der Waals surface area contributed by atoms with Gasteiger partial charge < -0.3 is 10.4 Å². The van der Waals surface area contributed by atoms with Crippen LogP contribution in [0.1, 0.15) is 25.7 Å². The molecule has 1 saturated heterocycles. The van der Waals surface area contributed by atoms with Gasteiger partial charge in [0.15, 0.2) is 0 Å². The van der Waals surface area contributed by atoms with E-state index < -0.39 is 11.4 Å². The van der Waals surface area contributed by atoms with Gasteiger partial charge >= 0.3 is 5.97 Å². The summed E-state index contributed by atoms with van der Waals surface area (Å²) in [5, 5.41) is 15.1. The smallest absolute Gasteiger partial charge is 0.311 e. The van der Waals surface area contributed by atoms with E-state index in [1.54, 1.807) is 11.8 Å². The summed E-state index contributed by atoms with van der Waals surface area (Å²) in [7, 11) is 0. The van der Waals surface area contributed by atoms with Gasteiger partial charge in [0.25, 0.3) is 0 Å². The van der Waals surface area contributed by atoms with Crippen LogP contribution in [0, 0.1) is 5.41 Å². The summed E-state index contributed by atoms with van der Waals surface area (Å²) in [6.45, 7) is 0.268. The van der Waals surface area contributed by atoms with Crippen molar-refractivity contribution in [3.63, 3.8) is 0 Å². The fourth-order valence-corrected chi connectivity index (χ4v) is 3.40. The van der Waals surface area contributed by atoms with Crippen LogP contribution in [0.5, 0.6) is 0 Å². The molecule has 1 unspecified atom stereocenters. The number of rotatable bonds is 4. The molecule has 1 atom stereocenters. The summed E-state index contributed by atoms with van der Waals surface area (Å²) in [5.41, 5.74) is -0.721. The van der Waals surface area contributed by atoms with Crippen LogP contribution in [0.3, 0.4) is 0 Å². The van der Waals surface area contributed by atoms with E-state index in [2.05, 4.69) is 10.6 Å². The third-order valence-corrected chi connectivity index (χ3v) is 4.59. The Morgan fingerprint density at radius 2 is 2.12 bits per heavy atom. The molecule has 1 heterocycles. The van der Waals surface area contributed by atoms with Crippen LogP contribution < -0.4 is 10.6 Å². The number of nitrogens with one attached hydrogen (secondary N) is 2. The number of amides is 1. The van der Waals surface area contributed by atoms with E-state index >= 15 is 0 Å². The topological polar surface area (TPSA) is 78.4 Å². The molecule has 1 aliphatic heterocycles. The van der Waals surface area contributed by atoms with Gasteiger partial charge in [-0.25, -0.2) is 0 Å². The number of carbonyl (C=O) groups excluding carboxylic acids is 1. The van der Waals surface area contributed by atoms with Gasteiger partial charge in [-0.05, 0) is 12.8 Å². The Kier molecular flexibility index (Phi) is 3.93. The van der Waals surface area contributed by atoms with Gasteiger partial charge in [0, 0.05) is 18.2 Å². The second-order valence-electron chi connectivity index (χ2n) is 4.78. The largest absolute Gasteiger partial charge is 0.481 e. The Labute approximate surface area is 105 Å². The summed E-state index contributed by atoms with van der Waals surface area (Å²) in [5.74, 6) is 0.722. The number of thioether (sulfide) groups is 1. The highest BCUT2D eigenvalue weighted by Crippen LogP contribution is 2.37. The summed E-state index contributed by atoms with van der Waals surface area (Å²) < 4.78 is 0. The monoisotopic (exact) mass is 258 g/mol. The van der Waals surface area contributed by atoms with Gasteiger partial charge in [-0.1, -0.05) is 12.8 Å². The molecule has 0 bridgehead atoms. The SMILES string of the molecule is O=C(NCC1(C(=O)O)CCCC1)C1CSCN1. The maximum Gasteiger partial charge on any atom is 0.311 e. The van der Waals surface area contributed by atoms with E-state index in [1.165, 1.54) is 0 Å². The number of aliphatic carboxylic acids is 1. The number of hydrogen-bond donors (Lipinski definition) is 3. The zero-order valence-electron chi connectivity index (χ0n) is 9.70. The molecule has 5 nitrogen and oxygen atoms in total. The fraction of sp³-hybridized carbons (Fsp3) is 0.818. The molecule has 1 amide bonds. The van der Waals surface area contributed by atoms with Crippen LogP contribution in [-0.2, 0) is 9.59 Å². The molecule has 0 aromatic heterocycles. The van der Waals surface area contributed by atoms with Crippen molar-refractivity contribution < 1.29 is 14.7 Å². The average Bonchev–Trinajstić information content (AvgIpc) is 2.97. The molecular weight excluding hydrogens is 240 g/mol. The van der Waals surface area contributed by atoms with Gasteiger partial charge in [0.1, 0.15) is 0 Å². The van der Waals surface area contributed by atoms with Crippen LogP contribution in [0.2, 0.25) is 0 Å². The van der Waals surface area contributed by atoms with Gasteiger partial charge in [-0.3, -0.25) is 14.9 Å². The molecule has 6 heteroatoms. The van der Waals surface area contributed by atoms with E-state index in [0.717, 1.165) is 24.5 Å².